The largest absolute Gasteiger partial charge is 0.350 e. The molecule has 1 aromatic heterocycles. The van der Waals surface area contributed by atoms with Crippen molar-refractivity contribution < 1.29 is 4.79 Å². The van der Waals surface area contributed by atoms with Crippen LogP contribution in [0.4, 0.5) is 0 Å². The summed E-state index contributed by atoms with van der Waals surface area (Å²) < 4.78 is 1.69. The summed E-state index contributed by atoms with van der Waals surface area (Å²) in [6.07, 6.45) is 2.34. The first-order chi connectivity index (χ1) is 10.4. The van der Waals surface area contributed by atoms with Crippen LogP contribution in [-0.4, -0.2) is 46.3 Å². The minimum atomic E-state index is -0.00631. The van der Waals surface area contributed by atoms with Gasteiger partial charge in [-0.2, -0.15) is 5.10 Å². The normalized spacial score (nSPS) is 17.4. The molecule has 0 unspecified atom stereocenters. The highest BCUT2D eigenvalue weighted by Gasteiger charge is 2.22. The van der Waals surface area contributed by atoms with Crippen molar-refractivity contribution in [2.45, 2.75) is 52.5 Å². The lowest BCUT2D eigenvalue weighted by Gasteiger charge is -2.34. The van der Waals surface area contributed by atoms with Crippen LogP contribution in [0, 0.1) is 5.92 Å². The molecule has 1 aliphatic rings. The Morgan fingerprint density at radius 2 is 1.95 bits per heavy atom. The molecular formula is C17H30N4O. The van der Waals surface area contributed by atoms with Gasteiger partial charge in [-0.05, 0) is 57.7 Å². The van der Waals surface area contributed by atoms with Gasteiger partial charge in [0.2, 0.25) is 0 Å². The Kier molecular flexibility index (Phi) is 5.62. The minimum absolute atomic E-state index is 0.00631. The van der Waals surface area contributed by atoms with Gasteiger partial charge in [-0.15, -0.1) is 0 Å². The molecule has 124 valence electrons. The SMILES string of the molecule is CC(C)c1cc(C(=O)NCC2CCN(C(C)C)CC2)n(C)n1. The van der Waals surface area contributed by atoms with Crippen LogP contribution in [0.3, 0.4) is 0 Å². The first-order valence-corrected chi connectivity index (χ1v) is 8.44. The van der Waals surface area contributed by atoms with E-state index >= 15 is 0 Å². The average Bonchev–Trinajstić information content (AvgIpc) is 2.87. The predicted molar refractivity (Wildman–Crippen MR) is 89.1 cm³/mol. The molecule has 1 aromatic rings. The molecule has 1 N–H and O–H groups in total. The van der Waals surface area contributed by atoms with Crippen molar-refractivity contribution in [2.24, 2.45) is 13.0 Å². The number of hydrogen-bond donors (Lipinski definition) is 1. The average molecular weight is 306 g/mol. The number of piperidine rings is 1. The standard InChI is InChI=1S/C17H30N4O/c1-12(2)15-10-16(20(5)19-15)17(22)18-11-14-6-8-21(9-7-14)13(3)4/h10,12-14H,6-9,11H2,1-5H3,(H,18,22). The molecule has 0 saturated carbocycles. The second-order valence-corrected chi connectivity index (χ2v) is 7.02. The maximum atomic E-state index is 12.3. The fourth-order valence-electron chi connectivity index (χ4n) is 2.99. The van der Waals surface area contributed by atoms with Crippen molar-refractivity contribution in [3.63, 3.8) is 0 Å². The number of rotatable bonds is 5. The molecular weight excluding hydrogens is 276 g/mol. The smallest absolute Gasteiger partial charge is 0.269 e. The number of likely N-dealkylation sites (tertiary alicyclic amines) is 1. The van der Waals surface area contributed by atoms with E-state index in [1.54, 1.807) is 4.68 Å². The van der Waals surface area contributed by atoms with Crippen molar-refractivity contribution >= 4 is 5.91 Å². The third-order valence-corrected chi connectivity index (χ3v) is 4.65. The van der Waals surface area contributed by atoms with Crippen LogP contribution in [0.2, 0.25) is 0 Å². The van der Waals surface area contributed by atoms with E-state index in [4.69, 9.17) is 0 Å². The molecule has 1 fully saturated rings. The van der Waals surface area contributed by atoms with E-state index < -0.39 is 0 Å². The lowest BCUT2D eigenvalue weighted by atomic mass is 9.96. The van der Waals surface area contributed by atoms with Crippen LogP contribution >= 0.6 is 0 Å². The lowest BCUT2D eigenvalue weighted by Crippen LogP contribution is -2.41. The van der Waals surface area contributed by atoms with Gasteiger partial charge in [-0.25, -0.2) is 0 Å². The quantitative estimate of drug-likeness (QED) is 0.909. The number of aryl methyl sites for hydroxylation is 1. The second kappa shape index (κ2) is 7.27. The molecule has 2 heterocycles. The Morgan fingerprint density at radius 3 is 2.45 bits per heavy atom. The summed E-state index contributed by atoms with van der Waals surface area (Å²) in [7, 11) is 1.84. The zero-order chi connectivity index (χ0) is 16.3. The number of amides is 1. The molecule has 1 aliphatic heterocycles. The molecule has 0 atom stereocenters. The molecule has 1 saturated heterocycles. The summed E-state index contributed by atoms with van der Waals surface area (Å²) in [4.78, 5) is 14.8. The number of hydrogen-bond acceptors (Lipinski definition) is 3. The molecule has 0 spiro atoms. The van der Waals surface area contributed by atoms with Gasteiger partial charge in [-0.1, -0.05) is 13.8 Å². The highest BCUT2D eigenvalue weighted by molar-refractivity contribution is 5.92. The third kappa shape index (κ3) is 4.09. The van der Waals surface area contributed by atoms with Gasteiger partial charge < -0.3 is 10.2 Å². The van der Waals surface area contributed by atoms with Gasteiger partial charge in [0.25, 0.3) is 5.91 Å². The van der Waals surface area contributed by atoms with Crippen molar-refractivity contribution in [2.75, 3.05) is 19.6 Å². The Labute approximate surface area is 134 Å². The summed E-state index contributed by atoms with van der Waals surface area (Å²) in [5.41, 5.74) is 1.63. The van der Waals surface area contributed by atoms with Crippen LogP contribution in [0.15, 0.2) is 6.07 Å². The monoisotopic (exact) mass is 306 g/mol. The molecule has 0 bridgehead atoms. The summed E-state index contributed by atoms with van der Waals surface area (Å²) >= 11 is 0. The van der Waals surface area contributed by atoms with Gasteiger partial charge in [0.05, 0.1) is 5.69 Å². The van der Waals surface area contributed by atoms with Gasteiger partial charge in [-0.3, -0.25) is 9.48 Å². The molecule has 22 heavy (non-hydrogen) atoms. The van der Waals surface area contributed by atoms with E-state index in [0.29, 0.717) is 23.6 Å². The topological polar surface area (TPSA) is 50.2 Å². The zero-order valence-corrected chi connectivity index (χ0v) is 14.6. The molecule has 5 nitrogen and oxygen atoms in total. The number of carbonyl (C=O) groups is 1. The Balaban J connectivity index is 1.83. The maximum absolute atomic E-state index is 12.3. The van der Waals surface area contributed by atoms with Crippen LogP contribution in [0.1, 0.15) is 62.6 Å². The molecule has 5 heteroatoms. The Hall–Kier alpha value is -1.36. The number of nitrogens with one attached hydrogen (secondary N) is 1. The molecule has 0 aliphatic carbocycles. The van der Waals surface area contributed by atoms with E-state index in [1.165, 1.54) is 12.8 Å². The first kappa shape index (κ1) is 17.0. The van der Waals surface area contributed by atoms with E-state index in [9.17, 15) is 4.79 Å². The van der Waals surface area contributed by atoms with Crippen LogP contribution < -0.4 is 5.32 Å². The molecule has 1 amide bonds. The first-order valence-electron chi connectivity index (χ1n) is 8.44. The van der Waals surface area contributed by atoms with Gasteiger partial charge in [0.1, 0.15) is 5.69 Å². The molecule has 0 radical (unpaired) electrons. The Morgan fingerprint density at radius 1 is 1.32 bits per heavy atom. The van der Waals surface area contributed by atoms with Crippen molar-refractivity contribution in [1.29, 1.82) is 0 Å². The highest BCUT2D eigenvalue weighted by Crippen LogP contribution is 2.18. The van der Waals surface area contributed by atoms with Crippen LogP contribution in [-0.2, 0) is 7.05 Å². The summed E-state index contributed by atoms with van der Waals surface area (Å²) in [5, 5.41) is 7.49. The van der Waals surface area contributed by atoms with Gasteiger partial charge >= 0.3 is 0 Å². The summed E-state index contributed by atoms with van der Waals surface area (Å²) in [6, 6.07) is 2.53. The fraction of sp³-hybridized carbons (Fsp3) is 0.765. The molecule has 0 aromatic carbocycles. The number of carbonyl (C=O) groups excluding carboxylic acids is 1. The van der Waals surface area contributed by atoms with Crippen molar-refractivity contribution in [1.82, 2.24) is 20.0 Å². The summed E-state index contributed by atoms with van der Waals surface area (Å²) in [5.74, 6) is 0.929. The van der Waals surface area contributed by atoms with Gasteiger partial charge in [0, 0.05) is 19.6 Å². The van der Waals surface area contributed by atoms with E-state index in [2.05, 4.69) is 43.0 Å². The van der Waals surface area contributed by atoms with E-state index in [1.807, 2.05) is 13.1 Å². The summed E-state index contributed by atoms with van der Waals surface area (Å²) in [6.45, 7) is 11.7. The van der Waals surface area contributed by atoms with E-state index in [-0.39, 0.29) is 5.91 Å². The van der Waals surface area contributed by atoms with Crippen molar-refractivity contribution in [3.05, 3.63) is 17.5 Å². The number of aromatic nitrogens is 2. The molecule has 2 rings (SSSR count). The fourth-order valence-corrected chi connectivity index (χ4v) is 2.99. The zero-order valence-electron chi connectivity index (χ0n) is 14.6. The van der Waals surface area contributed by atoms with E-state index in [0.717, 1.165) is 25.3 Å². The highest BCUT2D eigenvalue weighted by atomic mass is 16.2. The van der Waals surface area contributed by atoms with Crippen LogP contribution in [0.5, 0.6) is 0 Å². The van der Waals surface area contributed by atoms with Gasteiger partial charge in [0.15, 0.2) is 0 Å². The predicted octanol–water partition coefficient (Wildman–Crippen LogP) is 2.39. The lowest BCUT2D eigenvalue weighted by molar-refractivity contribution is 0.0920. The third-order valence-electron chi connectivity index (χ3n) is 4.65. The maximum Gasteiger partial charge on any atom is 0.269 e. The minimum Gasteiger partial charge on any atom is -0.350 e. The van der Waals surface area contributed by atoms with Crippen molar-refractivity contribution in [3.8, 4) is 0 Å². The van der Waals surface area contributed by atoms with Crippen LogP contribution in [0.25, 0.3) is 0 Å². The number of nitrogens with zero attached hydrogens (tertiary/aromatic N) is 3. The Bertz CT molecular complexity index is 499. The second-order valence-electron chi connectivity index (χ2n) is 7.02.